The van der Waals surface area contributed by atoms with Crippen molar-refractivity contribution in [3.05, 3.63) is 45.2 Å². The Morgan fingerprint density at radius 1 is 1.20 bits per heavy atom. The number of alkyl halides is 6. The number of phenols is 1. The van der Waals surface area contributed by atoms with Crippen LogP contribution < -0.4 is 11.1 Å². The van der Waals surface area contributed by atoms with Crippen molar-refractivity contribution in [2.45, 2.75) is 49.8 Å². The third kappa shape index (κ3) is 5.03. The summed E-state index contributed by atoms with van der Waals surface area (Å²) in [4.78, 5) is 27.7. The van der Waals surface area contributed by atoms with Crippen LogP contribution in [0.15, 0.2) is 23.0 Å². The van der Waals surface area contributed by atoms with Crippen LogP contribution in [0.3, 0.4) is 0 Å². The zero-order valence-corrected chi connectivity index (χ0v) is 22.2. The van der Waals surface area contributed by atoms with Crippen LogP contribution in [-0.4, -0.2) is 77.5 Å². The van der Waals surface area contributed by atoms with E-state index in [1.54, 1.807) is 14.1 Å². The molecule has 1 unspecified atom stereocenters. The number of fused-ring (bicyclic) bond motifs is 3. The fourth-order valence-corrected chi connectivity index (χ4v) is 6.60. The Hall–Kier alpha value is -3.30. The van der Waals surface area contributed by atoms with E-state index in [2.05, 4.69) is 0 Å². The van der Waals surface area contributed by atoms with Crippen molar-refractivity contribution in [2.24, 2.45) is 17.6 Å². The maximum atomic E-state index is 14.4. The molecule has 0 spiro atoms. The Morgan fingerprint density at radius 3 is 2.34 bits per heavy atom. The van der Waals surface area contributed by atoms with Gasteiger partial charge in [0.15, 0.2) is 5.78 Å². The molecule has 3 aliphatic carbocycles. The van der Waals surface area contributed by atoms with Crippen molar-refractivity contribution in [1.82, 2.24) is 10.2 Å². The van der Waals surface area contributed by atoms with Gasteiger partial charge in [-0.25, -0.2) is 0 Å². The summed E-state index contributed by atoms with van der Waals surface area (Å²) in [5.41, 5.74) is -0.176. The van der Waals surface area contributed by atoms with Gasteiger partial charge in [-0.2, -0.15) is 26.3 Å². The fourth-order valence-electron chi connectivity index (χ4n) is 6.60. The summed E-state index contributed by atoms with van der Waals surface area (Å²) in [7, 11) is 4.29. The van der Waals surface area contributed by atoms with E-state index in [4.69, 9.17) is 10.5 Å². The first kappa shape index (κ1) is 30.7. The number of aliphatic hydroxyl groups excluding tert-OH is 2. The van der Waals surface area contributed by atoms with Crippen LogP contribution in [0, 0.1) is 11.8 Å². The third-order valence-corrected chi connectivity index (χ3v) is 8.16. The van der Waals surface area contributed by atoms with Gasteiger partial charge in [-0.3, -0.25) is 14.5 Å². The number of phenolic OH excluding ortho intramolecular Hbond substituents is 1. The van der Waals surface area contributed by atoms with Gasteiger partial charge in [0.05, 0.1) is 29.3 Å². The van der Waals surface area contributed by atoms with E-state index in [1.807, 2.05) is 5.32 Å². The molecule has 0 aliphatic heterocycles. The number of rotatable bonds is 6. The lowest BCUT2D eigenvalue weighted by Gasteiger charge is -2.53. The molecule has 1 saturated carbocycles. The number of hydrogen-bond acceptors (Lipinski definition) is 8. The van der Waals surface area contributed by atoms with Gasteiger partial charge in [0.25, 0.3) is 0 Å². The third-order valence-electron chi connectivity index (χ3n) is 8.16. The highest BCUT2D eigenvalue weighted by atomic mass is 19.4. The number of nitrogens with one attached hydrogen (secondary N) is 1. The summed E-state index contributed by atoms with van der Waals surface area (Å²) < 4.78 is 86.7. The fraction of sp³-hybridized carbons (Fsp3) is 0.538. The Kier molecular flexibility index (Phi) is 7.63. The van der Waals surface area contributed by atoms with E-state index in [1.165, 1.54) is 12.0 Å². The van der Waals surface area contributed by atoms with E-state index < -0.39 is 113 Å². The van der Waals surface area contributed by atoms with Crippen molar-refractivity contribution >= 4 is 17.4 Å². The van der Waals surface area contributed by atoms with Crippen molar-refractivity contribution in [3.8, 4) is 5.75 Å². The molecule has 0 radical (unpaired) electrons. The lowest BCUT2D eigenvalue weighted by Crippen LogP contribution is -2.63. The number of carbonyl (C=O) groups excluding carboxylic acids is 2. The lowest BCUT2D eigenvalue weighted by atomic mass is 9.57. The maximum Gasteiger partial charge on any atom is 0.417 e. The Balaban J connectivity index is 1.90. The van der Waals surface area contributed by atoms with E-state index in [-0.39, 0.29) is 17.6 Å². The maximum absolute atomic E-state index is 14.4. The number of ether oxygens (including phenoxy) is 1. The van der Waals surface area contributed by atoms with E-state index in [0.717, 1.165) is 0 Å². The molecule has 0 heterocycles. The van der Waals surface area contributed by atoms with E-state index >= 15 is 0 Å². The molecule has 15 heteroatoms. The van der Waals surface area contributed by atoms with Crippen molar-refractivity contribution in [3.63, 3.8) is 0 Å². The molecule has 0 saturated heterocycles. The minimum atomic E-state index is -5.09. The molecule has 1 aromatic rings. The number of benzene rings is 1. The topological polar surface area (TPSA) is 145 Å². The molecule has 226 valence electrons. The lowest BCUT2D eigenvalue weighted by molar-refractivity contribution is -0.157. The number of hydrogen-bond donors (Lipinski definition) is 5. The summed E-state index contributed by atoms with van der Waals surface area (Å²) in [5.74, 6) is -5.99. The van der Waals surface area contributed by atoms with E-state index in [9.17, 15) is 51.3 Å². The van der Waals surface area contributed by atoms with Crippen LogP contribution in [0.1, 0.15) is 35.1 Å². The van der Waals surface area contributed by atoms with Crippen LogP contribution in [0.5, 0.6) is 5.75 Å². The SMILES string of the molecule is CO[C@@]12CC(C(N)=O)=C(O)C(N(C)C)[C@@H]1C[C@@H]1Cc3c(c(O)cc(CNCC(F)(F)F)c3C(F)(F)F)C(O)=C1C2=O. The summed E-state index contributed by atoms with van der Waals surface area (Å²) in [5, 5.41) is 34.7. The number of aromatic hydroxyl groups is 1. The molecule has 1 fully saturated rings. The Bertz CT molecular complexity index is 1350. The highest BCUT2D eigenvalue weighted by molar-refractivity contribution is 6.10. The predicted octanol–water partition coefficient (Wildman–Crippen LogP) is 3.11. The summed E-state index contributed by atoms with van der Waals surface area (Å²) in [6.07, 6.45) is -10.8. The smallest absolute Gasteiger partial charge is 0.417 e. The normalized spacial score (nSPS) is 26.7. The first-order chi connectivity index (χ1) is 18.9. The van der Waals surface area contributed by atoms with E-state index in [0.29, 0.717) is 6.07 Å². The summed E-state index contributed by atoms with van der Waals surface area (Å²) in [6.45, 7) is -2.46. The van der Waals surface area contributed by atoms with Gasteiger partial charge >= 0.3 is 12.4 Å². The number of methoxy groups -OCH3 is 1. The highest BCUT2D eigenvalue weighted by Crippen LogP contribution is 2.55. The molecular formula is C26H29F6N3O6. The summed E-state index contributed by atoms with van der Waals surface area (Å²) in [6, 6.07) is -0.396. The number of ketones is 1. The number of Topliss-reactive ketones (excluding diaryl/α,β-unsaturated/α-hetero) is 1. The number of nitrogens with zero attached hydrogens (tertiary/aromatic N) is 1. The average Bonchev–Trinajstić information content (AvgIpc) is 2.81. The minimum absolute atomic E-state index is 0.0913. The molecule has 1 amide bonds. The van der Waals surface area contributed by atoms with Gasteiger partial charge in [0.1, 0.15) is 22.9 Å². The number of halogens is 6. The van der Waals surface area contributed by atoms with Crippen molar-refractivity contribution in [2.75, 3.05) is 27.7 Å². The van der Waals surface area contributed by atoms with Crippen LogP contribution in [-0.2, 0) is 33.5 Å². The average molecular weight is 594 g/mol. The molecular weight excluding hydrogens is 564 g/mol. The minimum Gasteiger partial charge on any atom is -0.510 e. The Labute approximate surface area is 230 Å². The molecule has 41 heavy (non-hydrogen) atoms. The molecule has 9 nitrogen and oxygen atoms in total. The second kappa shape index (κ2) is 10.2. The molecule has 0 aromatic heterocycles. The van der Waals surface area contributed by atoms with Gasteiger partial charge in [0, 0.05) is 31.6 Å². The highest BCUT2D eigenvalue weighted by Gasteiger charge is 2.61. The van der Waals surface area contributed by atoms with Gasteiger partial charge in [-0.05, 0) is 50.0 Å². The molecule has 1 aromatic carbocycles. The second-order valence-corrected chi connectivity index (χ2v) is 10.7. The molecule has 4 atom stereocenters. The molecule has 0 bridgehead atoms. The molecule has 3 aliphatic rings. The largest absolute Gasteiger partial charge is 0.510 e. The zero-order valence-electron chi connectivity index (χ0n) is 22.2. The van der Waals surface area contributed by atoms with Gasteiger partial charge < -0.3 is 31.1 Å². The van der Waals surface area contributed by atoms with Crippen LogP contribution in [0.4, 0.5) is 26.3 Å². The van der Waals surface area contributed by atoms with Crippen LogP contribution in [0.25, 0.3) is 5.76 Å². The van der Waals surface area contributed by atoms with Gasteiger partial charge in [0.2, 0.25) is 5.91 Å². The van der Waals surface area contributed by atoms with Gasteiger partial charge in [-0.1, -0.05) is 0 Å². The van der Waals surface area contributed by atoms with Crippen LogP contribution in [0.2, 0.25) is 0 Å². The number of primary amides is 1. The second-order valence-electron chi connectivity index (χ2n) is 10.7. The quantitative estimate of drug-likeness (QED) is 0.317. The number of nitrogens with two attached hydrogens (primary N) is 1. The van der Waals surface area contributed by atoms with Crippen molar-refractivity contribution < 1.29 is 56.0 Å². The van der Waals surface area contributed by atoms with Gasteiger partial charge in [-0.15, -0.1) is 0 Å². The Morgan fingerprint density at radius 2 is 1.83 bits per heavy atom. The molecule has 6 N–H and O–H groups in total. The first-order valence-corrected chi connectivity index (χ1v) is 12.5. The zero-order chi connectivity index (χ0) is 30.8. The standard InChI is InChI=1S/C26H29F6N3O6/c1-35(2)19-14-5-10-4-12-17(15(36)6-11(18(12)26(30,31)32)8-34-9-25(27,28)29)21(38)16(10)22(39)24(14,41-3)7-13(20(19)37)23(33)40/h6,10,14,19,34,36-38H,4-5,7-9H2,1-3H3,(H2,33,40)/t10-,14-,19?,24-/m0/s1. The van der Waals surface area contributed by atoms with Crippen LogP contribution >= 0.6 is 0 Å². The number of likely N-dealkylation sites (N-methyl/N-ethyl adjacent to an activating group) is 1. The number of amides is 1. The molecule has 4 rings (SSSR count). The van der Waals surface area contributed by atoms with Crippen molar-refractivity contribution in [1.29, 1.82) is 0 Å². The summed E-state index contributed by atoms with van der Waals surface area (Å²) >= 11 is 0. The number of carbonyl (C=O) groups is 2. The monoisotopic (exact) mass is 593 g/mol. The number of aliphatic hydroxyl groups is 2. The predicted molar refractivity (Wildman–Crippen MR) is 131 cm³/mol. The first-order valence-electron chi connectivity index (χ1n) is 12.5.